The lowest BCUT2D eigenvalue weighted by Crippen LogP contribution is -2.37. The largest absolute Gasteiger partial charge is 0.383 e. The highest BCUT2D eigenvalue weighted by molar-refractivity contribution is 5.93. The van der Waals surface area contributed by atoms with E-state index in [9.17, 15) is 9.59 Å². The average molecular weight is 302 g/mol. The van der Waals surface area contributed by atoms with Gasteiger partial charge in [0.1, 0.15) is 11.3 Å². The number of carbonyl (C=O) groups is 1. The summed E-state index contributed by atoms with van der Waals surface area (Å²) < 4.78 is 4.96. The lowest BCUT2D eigenvalue weighted by atomic mass is 10.2. The number of ether oxygens (including phenoxy) is 1. The molecule has 0 spiro atoms. The minimum atomic E-state index is -0.475. The van der Waals surface area contributed by atoms with Gasteiger partial charge >= 0.3 is 0 Å². The monoisotopic (exact) mass is 302 g/mol. The smallest absolute Gasteiger partial charge is 0.264 e. The van der Waals surface area contributed by atoms with Crippen molar-refractivity contribution >= 4 is 5.91 Å². The van der Waals surface area contributed by atoms with E-state index < -0.39 is 5.56 Å². The number of aromatic amines is 1. The predicted octanol–water partition coefficient (Wildman–Crippen LogP) is 0.940. The fraction of sp³-hybridized carbons (Fsp3) is 0.333. The van der Waals surface area contributed by atoms with Gasteiger partial charge in [-0.25, -0.2) is 4.98 Å². The first-order valence-electron chi connectivity index (χ1n) is 6.96. The number of pyridine rings is 1. The topological polar surface area (TPSA) is 88.2 Å². The molecule has 0 saturated heterocycles. The Labute approximate surface area is 128 Å². The van der Waals surface area contributed by atoms with E-state index in [4.69, 9.17) is 4.74 Å². The van der Waals surface area contributed by atoms with Crippen molar-refractivity contribution in [1.29, 1.82) is 0 Å². The first-order chi connectivity index (χ1) is 10.7. The van der Waals surface area contributed by atoms with E-state index in [1.54, 1.807) is 31.5 Å². The van der Waals surface area contributed by atoms with E-state index in [0.29, 0.717) is 31.2 Å². The molecule has 0 radical (unpaired) electrons. The van der Waals surface area contributed by atoms with Gasteiger partial charge in [-0.15, -0.1) is 0 Å². The molecule has 0 bridgehead atoms. The van der Waals surface area contributed by atoms with Crippen LogP contribution >= 0.6 is 0 Å². The van der Waals surface area contributed by atoms with Crippen LogP contribution in [0.5, 0.6) is 0 Å². The molecule has 0 unspecified atom stereocenters. The van der Waals surface area contributed by atoms with Gasteiger partial charge in [-0.3, -0.25) is 14.6 Å². The zero-order chi connectivity index (χ0) is 15.9. The maximum absolute atomic E-state index is 12.3. The predicted molar refractivity (Wildman–Crippen MR) is 81.5 cm³/mol. The number of amides is 1. The maximum Gasteiger partial charge on any atom is 0.264 e. The van der Waals surface area contributed by atoms with Gasteiger partial charge in [0, 0.05) is 32.6 Å². The van der Waals surface area contributed by atoms with E-state index in [0.717, 1.165) is 0 Å². The molecule has 0 aromatic carbocycles. The van der Waals surface area contributed by atoms with Gasteiger partial charge in [0.05, 0.1) is 6.61 Å². The summed E-state index contributed by atoms with van der Waals surface area (Å²) in [4.78, 5) is 36.9. The molecule has 22 heavy (non-hydrogen) atoms. The van der Waals surface area contributed by atoms with Crippen molar-refractivity contribution < 1.29 is 9.53 Å². The first kappa shape index (κ1) is 15.8. The van der Waals surface area contributed by atoms with Crippen LogP contribution in [0.3, 0.4) is 0 Å². The minimum Gasteiger partial charge on any atom is -0.383 e. The molecule has 0 fully saturated rings. The van der Waals surface area contributed by atoms with Crippen LogP contribution in [0.2, 0.25) is 0 Å². The van der Waals surface area contributed by atoms with Gasteiger partial charge in [0.25, 0.3) is 11.5 Å². The fourth-order valence-corrected chi connectivity index (χ4v) is 1.96. The summed E-state index contributed by atoms with van der Waals surface area (Å²) in [5.41, 5.74) is 0.0829. The number of hydrogen-bond acceptors (Lipinski definition) is 5. The molecule has 0 saturated carbocycles. The molecule has 7 heteroatoms. The molecule has 116 valence electrons. The SMILES string of the molecule is CCN(CCOC)C(=O)c1cnc(-c2ccccn2)[nH]c1=O. The van der Waals surface area contributed by atoms with Crippen molar-refractivity contribution in [2.75, 3.05) is 26.8 Å². The highest BCUT2D eigenvalue weighted by atomic mass is 16.5. The van der Waals surface area contributed by atoms with Gasteiger partial charge in [0.15, 0.2) is 5.82 Å². The van der Waals surface area contributed by atoms with Gasteiger partial charge in [-0.05, 0) is 19.1 Å². The lowest BCUT2D eigenvalue weighted by molar-refractivity contribution is 0.0704. The number of carbonyl (C=O) groups excluding carboxylic acids is 1. The Morgan fingerprint density at radius 2 is 2.18 bits per heavy atom. The Morgan fingerprint density at radius 1 is 1.36 bits per heavy atom. The van der Waals surface area contributed by atoms with Gasteiger partial charge in [-0.1, -0.05) is 6.07 Å². The summed E-state index contributed by atoms with van der Waals surface area (Å²) in [6, 6.07) is 5.30. The number of likely N-dealkylation sites (N-methyl/N-ethyl adjacent to an activating group) is 1. The van der Waals surface area contributed by atoms with E-state index in [1.165, 1.54) is 11.1 Å². The Hall–Kier alpha value is -2.54. The van der Waals surface area contributed by atoms with Crippen molar-refractivity contribution in [3.63, 3.8) is 0 Å². The van der Waals surface area contributed by atoms with Crippen molar-refractivity contribution in [1.82, 2.24) is 19.9 Å². The second kappa shape index (κ2) is 7.46. The molecule has 1 amide bonds. The van der Waals surface area contributed by atoms with E-state index in [1.807, 2.05) is 6.92 Å². The summed E-state index contributed by atoms with van der Waals surface area (Å²) in [6.45, 7) is 3.17. The third-order valence-electron chi connectivity index (χ3n) is 3.17. The summed E-state index contributed by atoms with van der Waals surface area (Å²) in [7, 11) is 1.56. The molecule has 0 aliphatic heterocycles. The van der Waals surface area contributed by atoms with E-state index >= 15 is 0 Å². The van der Waals surface area contributed by atoms with Gasteiger partial charge in [-0.2, -0.15) is 0 Å². The van der Waals surface area contributed by atoms with Crippen molar-refractivity contribution in [2.24, 2.45) is 0 Å². The third-order valence-corrected chi connectivity index (χ3v) is 3.17. The number of methoxy groups -OCH3 is 1. The van der Waals surface area contributed by atoms with Crippen molar-refractivity contribution in [2.45, 2.75) is 6.92 Å². The molecular weight excluding hydrogens is 284 g/mol. The molecule has 1 N–H and O–H groups in total. The van der Waals surface area contributed by atoms with Crippen LogP contribution in [0.25, 0.3) is 11.5 Å². The summed E-state index contributed by atoms with van der Waals surface area (Å²) in [5.74, 6) is -0.0250. The van der Waals surface area contributed by atoms with E-state index in [2.05, 4.69) is 15.0 Å². The molecule has 2 aromatic heterocycles. The zero-order valence-electron chi connectivity index (χ0n) is 12.6. The number of hydrogen-bond donors (Lipinski definition) is 1. The normalized spacial score (nSPS) is 10.5. The Morgan fingerprint density at radius 3 is 2.77 bits per heavy atom. The molecule has 0 aliphatic rings. The number of nitrogens with one attached hydrogen (secondary N) is 1. The maximum atomic E-state index is 12.3. The first-order valence-corrected chi connectivity index (χ1v) is 6.96. The Balaban J connectivity index is 2.26. The van der Waals surface area contributed by atoms with E-state index in [-0.39, 0.29) is 11.5 Å². The highest BCUT2D eigenvalue weighted by Crippen LogP contribution is 2.08. The van der Waals surface area contributed by atoms with Crippen molar-refractivity contribution in [3.05, 3.63) is 46.5 Å². The van der Waals surface area contributed by atoms with Crippen LogP contribution in [-0.4, -0.2) is 52.6 Å². The third kappa shape index (κ3) is 3.56. The standard InChI is InChI=1S/C15H18N4O3/c1-3-19(8-9-22-2)15(21)11-10-17-13(18-14(11)20)12-6-4-5-7-16-12/h4-7,10H,3,8-9H2,1-2H3,(H,17,18,20). The fourth-order valence-electron chi connectivity index (χ4n) is 1.96. The molecular formula is C15H18N4O3. The lowest BCUT2D eigenvalue weighted by Gasteiger charge is -2.19. The number of aromatic nitrogens is 3. The second-order valence-electron chi connectivity index (χ2n) is 4.57. The molecule has 0 aliphatic carbocycles. The number of nitrogens with zero attached hydrogens (tertiary/aromatic N) is 3. The van der Waals surface area contributed by atoms with Gasteiger partial charge in [0.2, 0.25) is 0 Å². The summed E-state index contributed by atoms with van der Waals surface area (Å²) in [5, 5.41) is 0. The summed E-state index contributed by atoms with van der Waals surface area (Å²) >= 11 is 0. The molecule has 2 aromatic rings. The quantitative estimate of drug-likeness (QED) is 0.858. The van der Waals surface area contributed by atoms with Crippen LogP contribution in [0, 0.1) is 0 Å². The van der Waals surface area contributed by atoms with Crippen LogP contribution in [0.15, 0.2) is 35.4 Å². The minimum absolute atomic E-state index is 0.0117. The van der Waals surface area contributed by atoms with Crippen LogP contribution in [-0.2, 0) is 4.74 Å². The Kier molecular flexibility index (Phi) is 5.37. The second-order valence-corrected chi connectivity index (χ2v) is 4.57. The average Bonchev–Trinajstić information content (AvgIpc) is 2.56. The molecule has 0 atom stereocenters. The van der Waals surface area contributed by atoms with Crippen LogP contribution in [0.4, 0.5) is 0 Å². The number of H-pyrrole nitrogens is 1. The van der Waals surface area contributed by atoms with Crippen molar-refractivity contribution in [3.8, 4) is 11.5 Å². The zero-order valence-corrected chi connectivity index (χ0v) is 12.6. The Bertz CT molecular complexity index is 685. The number of rotatable bonds is 6. The van der Waals surface area contributed by atoms with Crippen LogP contribution in [0.1, 0.15) is 17.3 Å². The molecule has 7 nitrogen and oxygen atoms in total. The summed E-state index contributed by atoms with van der Waals surface area (Å²) in [6.07, 6.45) is 2.90. The van der Waals surface area contributed by atoms with Gasteiger partial charge < -0.3 is 14.6 Å². The molecule has 2 rings (SSSR count). The van der Waals surface area contributed by atoms with Crippen LogP contribution < -0.4 is 5.56 Å². The highest BCUT2D eigenvalue weighted by Gasteiger charge is 2.18. The molecule has 2 heterocycles.